The summed E-state index contributed by atoms with van der Waals surface area (Å²) >= 11 is 0. The van der Waals surface area contributed by atoms with Gasteiger partial charge in [0.15, 0.2) is 0 Å². The van der Waals surface area contributed by atoms with Gasteiger partial charge in [-0.05, 0) is 91.8 Å². The second kappa shape index (κ2) is 6.30. The van der Waals surface area contributed by atoms with E-state index in [4.69, 9.17) is 0 Å². The van der Waals surface area contributed by atoms with Gasteiger partial charge in [-0.2, -0.15) is 0 Å². The maximum Gasteiger partial charge on any atom is 0.133 e. The van der Waals surface area contributed by atoms with Gasteiger partial charge in [-0.15, -0.1) is 0 Å². The van der Waals surface area contributed by atoms with Crippen LogP contribution in [-0.4, -0.2) is 28.2 Å². The molecule has 2 N–H and O–H groups in total. The van der Waals surface area contributed by atoms with Crippen LogP contribution in [0.25, 0.3) is 0 Å². The molecule has 4 aliphatic rings. The number of hydrogen-bond donors (Lipinski definition) is 2. The first kappa shape index (κ1) is 18.9. The molecule has 4 fully saturated rings. The Hall–Kier alpha value is -0.410. The van der Waals surface area contributed by atoms with Gasteiger partial charge in [0.2, 0.25) is 0 Å². The Labute approximate surface area is 158 Å². The van der Waals surface area contributed by atoms with Crippen molar-refractivity contribution in [3.05, 3.63) is 0 Å². The van der Waals surface area contributed by atoms with Crippen molar-refractivity contribution < 1.29 is 15.0 Å². The third-order valence-corrected chi connectivity index (χ3v) is 10.1. The highest BCUT2D eigenvalue weighted by Crippen LogP contribution is 2.69. The van der Waals surface area contributed by atoms with E-state index in [9.17, 15) is 15.0 Å². The molecule has 4 saturated carbocycles. The fourth-order valence-electron chi connectivity index (χ4n) is 8.37. The van der Waals surface area contributed by atoms with Crippen LogP contribution in [0.1, 0.15) is 85.0 Å². The number of hydrogen-bond acceptors (Lipinski definition) is 3. The Balaban J connectivity index is 1.62. The Morgan fingerprint density at radius 3 is 2.50 bits per heavy atom. The normalized spacial score (nSPS) is 53.7. The van der Waals surface area contributed by atoms with Crippen molar-refractivity contribution in [2.75, 3.05) is 6.61 Å². The molecule has 0 aromatic heterocycles. The fraction of sp³-hybridized carbons (Fsp3) is 0.957. The minimum atomic E-state index is -0.586. The minimum absolute atomic E-state index is 0.0141. The van der Waals surface area contributed by atoms with Crippen LogP contribution in [0.15, 0.2) is 0 Å². The van der Waals surface area contributed by atoms with Crippen molar-refractivity contribution in [3.8, 4) is 0 Å². The Bertz CT molecular complexity index is 574. The van der Waals surface area contributed by atoms with Crippen LogP contribution in [0.2, 0.25) is 0 Å². The van der Waals surface area contributed by atoms with Crippen LogP contribution >= 0.6 is 0 Å². The molecule has 0 spiro atoms. The Morgan fingerprint density at radius 1 is 1.04 bits per heavy atom. The SMILES string of the molecule is C[C@H]1CC(=O)C[C@@H]2CC[C@@H]3[C@H](CC[C@@]4(C)[C@H]3CC[C@@]4(O)CCCO)[C@]21C. The smallest absolute Gasteiger partial charge is 0.133 e. The lowest BCUT2D eigenvalue weighted by atomic mass is 9.42. The lowest BCUT2D eigenvalue weighted by Crippen LogP contribution is -2.58. The van der Waals surface area contributed by atoms with Crippen molar-refractivity contribution >= 4 is 5.78 Å². The van der Waals surface area contributed by atoms with Crippen molar-refractivity contribution in [1.82, 2.24) is 0 Å². The van der Waals surface area contributed by atoms with Crippen LogP contribution < -0.4 is 0 Å². The number of aliphatic hydroxyl groups excluding tert-OH is 1. The molecule has 3 heteroatoms. The maximum absolute atomic E-state index is 12.2. The molecule has 148 valence electrons. The second-order valence-corrected chi connectivity index (χ2v) is 10.7. The fourth-order valence-corrected chi connectivity index (χ4v) is 8.37. The number of ketones is 1. The van der Waals surface area contributed by atoms with Gasteiger partial charge in [0, 0.05) is 19.4 Å². The number of rotatable bonds is 3. The number of carbonyl (C=O) groups excluding carboxylic acids is 1. The topological polar surface area (TPSA) is 57.5 Å². The van der Waals surface area contributed by atoms with Crippen LogP contribution in [-0.2, 0) is 4.79 Å². The van der Waals surface area contributed by atoms with E-state index in [2.05, 4.69) is 20.8 Å². The maximum atomic E-state index is 12.2. The molecular weight excluding hydrogens is 324 g/mol. The number of Topliss-reactive ketones (excluding diaryl/α,β-unsaturated/α-hetero) is 1. The molecule has 3 nitrogen and oxygen atoms in total. The van der Waals surface area contributed by atoms with Crippen molar-refractivity contribution in [3.63, 3.8) is 0 Å². The average Bonchev–Trinajstić information content (AvgIpc) is 2.86. The van der Waals surface area contributed by atoms with E-state index in [0.29, 0.717) is 41.3 Å². The van der Waals surface area contributed by atoms with E-state index in [1.54, 1.807) is 0 Å². The Morgan fingerprint density at radius 2 is 1.77 bits per heavy atom. The molecule has 0 aliphatic heterocycles. The predicted octanol–water partition coefficient (Wildman–Crippen LogP) is 4.35. The molecule has 0 amide bonds. The highest BCUT2D eigenvalue weighted by atomic mass is 16.3. The highest BCUT2D eigenvalue weighted by molar-refractivity contribution is 5.80. The van der Waals surface area contributed by atoms with Gasteiger partial charge >= 0.3 is 0 Å². The quantitative estimate of drug-likeness (QED) is 0.785. The summed E-state index contributed by atoms with van der Waals surface area (Å²) in [7, 11) is 0. The summed E-state index contributed by atoms with van der Waals surface area (Å²) in [6.45, 7) is 7.36. The summed E-state index contributed by atoms with van der Waals surface area (Å²) in [5.74, 6) is 3.63. The summed E-state index contributed by atoms with van der Waals surface area (Å²) in [6.07, 6.45) is 9.89. The first-order chi connectivity index (χ1) is 12.3. The van der Waals surface area contributed by atoms with Gasteiger partial charge in [-0.25, -0.2) is 0 Å². The van der Waals surface area contributed by atoms with Crippen LogP contribution in [0, 0.1) is 40.4 Å². The number of fused-ring (bicyclic) bond motifs is 5. The zero-order valence-corrected chi connectivity index (χ0v) is 17.0. The molecule has 0 bridgehead atoms. The Kier molecular flexibility index (Phi) is 4.59. The molecule has 0 radical (unpaired) electrons. The summed E-state index contributed by atoms with van der Waals surface area (Å²) in [5.41, 5.74) is -0.262. The first-order valence-corrected chi connectivity index (χ1v) is 11.1. The van der Waals surface area contributed by atoms with E-state index in [-0.39, 0.29) is 12.0 Å². The van der Waals surface area contributed by atoms with E-state index < -0.39 is 5.60 Å². The summed E-state index contributed by atoms with van der Waals surface area (Å²) in [4.78, 5) is 12.2. The van der Waals surface area contributed by atoms with Crippen LogP contribution in [0.5, 0.6) is 0 Å². The van der Waals surface area contributed by atoms with Gasteiger partial charge in [0.05, 0.1) is 5.60 Å². The van der Waals surface area contributed by atoms with Gasteiger partial charge in [0.25, 0.3) is 0 Å². The molecule has 8 atom stereocenters. The van der Waals surface area contributed by atoms with E-state index in [1.807, 2.05) is 0 Å². The molecule has 0 heterocycles. The zero-order chi connectivity index (χ0) is 18.7. The number of carbonyl (C=O) groups is 1. The monoisotopic (exact) mass is 362 g/mol. The van der Waals surface area contributed by atoms with Gasteiger partial charge < -0.3 is 10.2 Å². The molecule has 0 aromatic rings. The van der Waals surface area contributed by atoms with Crippen molar-refractivity contribution in [2.45, 2.75) is 90.6 Å². The first-order valence-electron chi connectivity index (χ1n) is 11.1. The highest BCUT2D eigenvalue weighted by Gasteiger charge is 2.65. The third kappa shape index (κ3) is 2.42. The minimum Gasteiger partial charge on any atom is -0.396 e. The van der Waals surface area contributed by atoms with Crippen LogP contribution in [0.3, 0.4) is 0 Å². The largest absolute Gasteiger partial charge is 0.396 e. The molecule has 26 heavy (non-hydrogen) atoms. The average molecular weight is 363 g/mol. The molecule has 4 aliphatic carbocycles. The van der Waals surface area contributed by atoms with Gasteiger partial charge in [-0.3, -0.25) is 4.79 Å². The molecule has 0 unspecified atom stereocenters. The summed E-state index contributed by atoms with van der Waals surface area (Å²) in [6, 6.07) is 0. The number of aliphatic hydroxyl groups is 2. The van der Waals surface area contributed by atoms with Crippen molar-refractivity contribution in [2.24, 2.45) is 40.4 Å². The van der Waals surface area contributed by atoms with Gasteiger partial charge in [0.1, 0.15) is 5.78 Å². The molecule has 0 saturated heterocycles. The molecule has 0 aromatic carbocycles. The third-order valence-electron chi connectivity index (χ3n) is 10.1. The predicted molar refractivity (Wildman–Crippen MR) is 103 cm³/mol. The van der Waals surface area contributed by atoms with Gasteiger partial charge in [-0.1, -0.05) is 20.8 Å². The van der Waals surface area contributed by atoms with Crippen molar-refractivity contribution in [1.29, 1.82) is 0 Å². The van der Waals surface area contributed by atoms with E-state index in [1.165, 1.54) is 19.3 Å². The second-order valence-electron chi connectivity index (χ2n) is 10.7. The van der Waals surface area contributed by atoms with E-state index >= 15 is 0 Å². The summed E-state index contributed by atoms with van der Waals surface area (Å²) in [5, 5.41) is 20.8. The lowest BCUT2D eigenvalue weighted by molar-refractivity contribution is -0.170. The lowest BCUT2D eigenvalue weighted by Gasteiger charge is -2.62. The van der Waals surface area contributed by atoms with Crippen LogP contribution in [0.4, 0.5) is 0 Å². The molecular formula is C23H38O3. The standard InChI is InChI=1S/C23H38O3/c1-15-13-17(25)14-16-5-6-18-19-8-11-23(26,9-4-12-24)21(19,2)10-7-20(18)22(15,16)3/h15-16,18-20,24,26H,4-14H2,1-3H3/t15-,16-,18-,19-,20-,21-,22-,23-/m0/s1. The molecule has 4 rings (SSSR count). The zero-order valence-electron chi connectivity index (χ0n) is 17.0. The summed E-state index contributed by atoms with van der Waals surface area (Å²) < 4.78 is 0. The van der Waals surface area contributed by atoms with E-state index in [0.717, 1.165) is 44.4 Å².